The number of thioether (sulfide) groups is 1. The molecule has 1 N–H and O–H groups in total. The number of hydrogen-bond acceptors (Lipinski definition) is 5. The molecule has 0 bridgehead atoms. The Kier molecular flexibility index (Phi) is 4.04. The Bertz CT molecular complexity index is 754. The number of alkyl halides is 1. The van der Waals surface area contributed by atoms with Crippen LogP contribution in [0.4, 0.5) is 0 Å². The zero-order valence-corrected chi connectivity index (χ0v) is 14.7. The van der Waals surface area contributed by atoms with Crippen LogP contribution in [0.25, 0.3) is 10.4 Å². The maximum absolute atomic E-state index is 12.1. The lowest BCUT2D eigenvalue weighted by atomic mass is 9.84. The maximum Gasteiger partial charge on any atom is 0.330 e. The van der Waals surface area contributed by atoms with Gasteiger partial charge in [-0.25, -0.2) is 4.79 Å². The van der Waals surface area contributed by atoms with E-state index in [1.807, 2.05) is 6.92 Å². The SMILES string of the molecule is C[C@@H]1C(CI)(N=[N+]=[N-])O[C@@H](n2ccc(=O)[nH]c2=O)[C@@]12CCS2. The quantitative estimate of drug-likeness (QED) is 0.257. The predicted octanol–water partition coefficient (Wildman–Crippen LogP) is 2.02. The predicted molar refractivity (Wildman–Crippen MR) is 91.2 cm³/mol. The minimum absolute atomic E-state index is 0.0459. The highest BCUT2D eigenvalue weighted by Crippen LogP contribution is 2.63. The summed E-state index contributed by atoms with van der Waals surface area (Å²) in [6.07, 6.45) is 1.75. The number of nitrogens with zero attached hydrogens (tertiary/aromatic N) is 4. The highest BCUT2D eigenvalue weighted by atomic mass is 127. The van der Waals surface area contributed by atoms with E-state index in [0.29, 0.717) is 4.43 Å². The van der Waals surface area contributed by atoms with E-state index < -0.39 is 23.2 Å². The van der Waals surface area contributed by atoms with Crippen LogP contribution in [0, 0.1) is 5.92 Å². The molecule has 0 aliphatic carbocycles. The molecule has 3 heterocycles. The van der Waals surface area contributed by atoms with E-state index in [4.69, 9.17) is 10.3 Å². The van der Waals surface area contributed by atoms with Crippen LogP contribution in [0.5, 0.6) is 0 Å². The molecule has 8 nitrogen and oxygen atoms in total. The summed E-state index contributed by atoms with van der Waals surface area (Å²) >= 11 is 3.86. The molecule has 1 unspecified atom stereocenters. The van der Waals surface area contributed by atoms with E-state index in [-0.39, 0.29) is 10.7 Å². The highest BCUT2D eigenvalue weighted by molar-refractivity contribution is 14.1. The molecule has 2 fully saturated rings. The number of halogens is 1. The van der Waals surface area contributed by atoms with Crippen molar-refractivity contribution < 1.29 is 4.74 Å². The van der Waals surface area contributed by atoms with Crippen LogP contribution in [0.15, 0.2) is 27.0 Å². The van der Waals surface area contributed by atoms with Crippen molar-refractivity contribution in [1.29, 1.82) is 0 Å². The summed E-state index contributed by atoms with van der Waals surface area (Å²) in [5.74, 6) is 0.922. The van der Waals surface area contributed by atoms with Gasteiger partial charge in [-0.2, -0.15) is 0 Å². The van der Waals surface area contributed by atoms with Gasteiger partial charge >= 0.3 is 5.69 Å². The van der Waals surface area contributed by atoms with E-state index in [1.165, 1.54) is 16.8 Å². The van der Waals surface area contributed by atoms with Gasteiger partial charge in [-0.15, -0.1) is 11.8 Å². The van der Waals surface area contributed by atoms with Gasteiger partial charge in [0.2, 0.25) is 0 Å². The van der Waals surface area contributed by atoms with E-state index in [9.17, 15) is 9.59 Å². The van der Waals surface area contributed by atoms with E-state index >= 15 is 0 Å². The van der Waals surface area contributed by atoms with Crippen molar-refractivity contribution in [1.82, 2.24) is 9.55 Å². The molecule has 10 heteroatoms. The van der Waals surface area contributed by atoms with Gasteiger partial charge in [0.05, 0.1) is 4.75 Å². The minimum Gasteiger partial charge on any atom is -0.343 e. The fraction of sp³-hybridized carbons (Fsp3) is 0.667. The van der Waals surface area contributed by atoms with E-state index in [0.717, 1.165) is 12.2 Å². The number of azide groups is 1. The third-order valence-corrected chi connectivity index (χ3v) is 7.31. The maximum atomic E-state index is 12.1. The number of H-pyrrole nitrogens is 1. The van der Waals surface area contributed by atoms with Crippen molar-refractivity contribution in [2.24, 2.45) is 11.0 Å². The van der Waals surface area contributed by atoms with Crippen molar-refractivity contribution in [2.45, 2.75) is 30.0 Å². The molecule has 0 saturated carbocycles. The zero-order valence-electron chi connectivity index (χ0n) is 11.7. The topological polar surface area (TPSA) is 113 Å². The number of aromatic nitrogens is 2. The van der Waals surface area contributed by atoms with Gasteiger partial charge in [0.15, 0.2) is 12.0 Å². The molecule has 2 aliphatic rings. The first kappa shape index (κ1) is 15.9. The third kappa shape index (κ3) is 2.12. The molecule has 4 atom stereocenters. The molecule has 118 valence electrons. The summed E-state index contributed by atoms with van der Waals surface area (Å²) in [5, 5.41) is 3.91. The van der Waals surface area contributed by atoms with Crippen LogP contribution in [0.3, 0.4) is 0 Å². The molecule has 2 saturated heterocycles. The van der Waals surface area contributed by atoms with Gasteiger partial charge in [-0.3, -0.25) is 14.3 Å². The summed E-state index contributed by atoms with van der Waals surface area (Å²) in [6, 6.07) is 1.30. The van der Waals surface area contributed by atoms with Crippen molar-refractivity contribution in [3.05, 3.63) is 43.5 Å². The van der Waals surface area contributed by atoms with Crippen molar-refractivity contribution >= 4 is 34.4 Å². The summed E-state index contributed by atoms with van der Waals surface area (Å²) in [4.78, 5) is 28.6. The molecule has 1 aromatic heterocycles. The van der Waals surface area contributed by atoms with Gasteiger partial charge in [-0.1, -0.05) is 34.6 Å². The fourth-order valence-electron chi connectivity index (χ4n) is 3.13. The number of nitrogens with one attached hydrogen (secondary N) is 1. The average molecular weight is 435 g/mol. The van der Waals surface area contributed by atoms with Gasteiger partial charge in [0.25, 0.3) is 5.56 Å². The second-order valence-electron chi connectivity index (χ2n) is 5.43. The van der Waals surface area contributed by atoms with Crippen LogP contribution < -0.4 is 11.2 Å². The largest absolute Gasteiger partial charge is 0.343 e. The van der Waals surface area contributed by atoms with Crippen molar-refractivity contribution in [2.75, 3.05) is 10.2 Å². The standard InChI is InChI=1S/C12H14IN5O3S/c1-7-11(3-5-22-11)9(21-12(7,6-13)16-17-14)18-4-2-8(19)15-10(18)20/h2,4,7,9H,3,5-6H2,1H3,(H,15,19,20)/t7-,9+,11+,12?/m0/s1. The first-order valence-corrected chi connectivity index (χ1v) is 9.26. The number of ether oxygens (including phenoxy) is 1. The fourth-order valence-corrected chi connectivity index (χ4v) is 5.54. The Morgan fingerprint density at radius 1 is 1.68 bits per heavy atom. The van der Waals surface area contributed by atoms with Crippen LogP contribution in [-0.2, 0) is 4.74 Å². The van der Waals surface area contributed by atoms with Crippen LogP contribution >= 0.6 is 34.4 Å². The molecular weight excluding hydrogens is 421 g/mol. The van der Waals surface area contributed by atoms with Gasteiger partial charge in [0.1, 0.15) is 0 Å². The molecule has 0 amide bonds. The van der Waals surface area contributed by atoms with Crippen molar-refractivity contribution in [3.63, 3.8) is 0 Å². The minimum atomic E-state index is -0.983. The van der Waals surface area contributed by atoms with E-state index in [1.54, 1.807) is 11.8 Å². The summed E-state index contributed by atoms with van der Waals surface area (Å²) in [5.41, 5.74) is 6.96. The summed E-state index contributed by atoms with van der Waals surface area (Å²) in [6.45, 7) is 2.00. The number of aromatic amines is 1. The summed E-state index contributed by atoms with van der Waals surface area (Å²) < 4.78 is 7.68. The molecule has 1 spiro atoms. The first-order chi connectivity index (χ1) is 10.5. The molecular formula is C12H14IN5O3S. The number of hydrogen-bond donors (Lipinski definition) is 1. The van der Waals surface area contributed by atoms with Gasteiger partial charge < -0.3 is 4.74 Å². The molecule has 1 aromatic rings. The van der Waals surface area contributed by atoms with Crippen molar-refractivity contribution in [3.8, 4) is 0 Å². The van der Waals surface area contributed by atoms with Crippen LogP contribution in [-0.4, -0.2) is 30.2 Å². The normalized spacial score (nSPS) is 36.8. The highest BCUT2D eigenvalue weighted by Gasteiger charge is 2.65. The monoisotopic (exact) mass is 435 g/mol. The Labute approximate surface area is 143 Å². The molecule has 2 aliphatic heterocycles. The molecule has 0 radical (unpaired) electrons. The Morgan fingerprint density at radius 2 is 2.41 bits per heavy atom. The Hall–Kier alpha value is -0.970. The zero-order chi connectivity index (χ0) is 16.0. The molecule has 0 aromatic carbocycles. The lowest BCUT2D eigenvalue weighted by molar-refractivity contribution is -0.0675. The third-order valence-electron chi connectivity index (χ3n) is 4.52. The summed E-state index contributed by atoms with van der Waals surface area (Å²) in [7, 11) is 0. The molecule has 3 rings (SSSR count). The average Bonchev–Trinajstić information content (AvgIpc) is 2.69. The lowest BCUT2D eigenvalue weighted by Crippen LogP contribution is -2.49. The Balaban J connectivity index is 2.13. The smallest absolute Gasteiger partial charge is 0.330 e. The second-order valence-corrected chi connectivity index (χ2v) is 7.65. The lowest BCUT2D eigenvalue weighted by Gasteiger charge is -2.45. The second kappa shape index (κ2) is 5.59. The Morgan fingerprint density at radius 3 is 2.91 bits per heavy atom. The van der Waals surface area contributed by atoms with E-state index in [2.05, 4.69) is 37.6 Å². The first-order valence-electron chi connectivity index (χ1n) is 6.74. The van der Waals surface area contributed by atoms with Gasteiger partial charge in [0, 0.05) is 27.5 Å². The number of rotatable bonds is 3. The van der Waals surface area contributed by atoms with Crippen LogP contribution in [0.1, 0.15) is 19.6 Å². The van der Waals surface area contributed by atoms with Crippen LogP contribution in [0.2, 0.25) is 0 Å². The van der Waals surface area contributed by atoms with Gasteiger partial charge in [-0.05, 0) is 17.7 Å². The molecule has 22 heavy (non-hydrogen) atoms.